The van der Waals surface area contributed by atoms with Gasteiger partial charge in [-0.3, -0.25) is 9.20 Å². The van der Waals surface area contributed by atoms with Gasteiger partial charge in [-0.15, -0.1) is 0 Å². The van der Waals surface area contributed by atoms with Crippen molar-refractivity contribution in [3.05, 3.63) is 56.8 Å². The van der Waals surface area contributed by atoms with Crippen molar-refractivity contribution in [1.29, 1.82) is 5.26 Å². The Morgan fingerprint density at radius 1 is 1.30 bits per heavy atom. The molecule has 3 aromatic heterocycles. The predicted octanol–water partition coefficient (Wildman–Crippen LogP) is 3.04. The van der Waals surface area contributed by atoms with Gasteiger partial charge in [0, 0.05) is 7.05 Å². The van der Waals surface area contributed by atoms with E-state index in [2.05, 4.69) is 11.1 Å². The highest BCUT2D eigenvalue weighted by Gasteiger charge is 2.25. The first-order valence-electron chi connectivity index (χ1n) is 8.18. The van der Waals surface area contributed by atoms with Crippen LogP contribution >= 0.6 is 11.6 Å². The number of imidazole rings is 1. The SMILES string of the molecule is CCOC(=O)c1c(=O)c2ccc(Cl)nc2n2c3cc(C#N)ccc3n(C)c12. The zero-order valence-corrected chi connectivity index (χ0v) is 15.2. The summed E-state index contributed by atoms with van der Waals surface area (Å²) in [7, 11) is 1.74. The van der Waals surface area contributed by atoms with Crippen molar-refractivity contribution in [2.75, 3.05) is 6.61 Å². The number of ether oxygens (including phenoxy) is 1. The van der Waals surface area contributed by atoms with Crippen LogP contribution in [-0.4, -0.2) is 26.5 Å². The number of fused-ring (bicyclic) bond motifs is 5. The molecule has 0 aliphatic heterocycles. The van der Waals surface area contributed by atoms with E-state index in [1.165, 1.54) is 12.1 Å². The van der Waals surface area contributed by atoms with E-state index in [1.54, 1.807) is 41.1 Å². The zero-order valence-electron chi connectivity index (χ0n) is 14.5. The molecular weight excluding hydrogens is 368 g/mol. The smallest absolute Gasteiger partial charge is 0.345 e. The molecule has 4 rings (SSSR count). The molecule has 134 valence electrons. The lowest BCUT2D eigenvalue weighted by atomic mass is 10.1. The Morgan fingerprint density at radius 2 is 2.07 bits per heavy atom. The molecule has 8 heteroatoms. The molecule has 7 nitrogen and oxygen atoms in total. The first-order valence-corrected chi connectivity index (χ1v) is 8.56. The molecule has 0 N–H and O–H groups in total. The van der Waals surface area contributed by atoms with Gasteiger partial charge in [-0.1, -0.05) is 11.6 Å². The quantitative estimate of drug-likeness (QED) is 0.394. The highest BCUT2D eigenvalue weighted by Crippen LogP contribution is 2.27. The van der Waals surface area contributed by atoms with Gasteiger partial charge in [-0.05, 0) is 37.3 Å². The van der Waals surface area contributed by atoms with Crippen molar-refractivity contribution >= 4 is 45.3 Å². The summed E-state index contributed by atoms with van der Waals surface area (Å²) < 4.78 is 8.51. The van der Waals surface area contributed by atoms with E-state index in [0.29, 0.717) is 22.4 Å². The van der Waals surface area contributed by atoms with E-state index in [4.69, 9.17) is 16.3 Å². The lowest BCUT2D eigenvalue weighted by molar-refractivity contribution is 0.0526. The second kappa shape index (κ2) is 6.11. The predicted molar refractivity (Wildman–Crippen MR) is 101 cm³/mol. The molecule has 0 aliphatic carbocycles. The maximum atomic E-state index is 13.1. The van der Waals surface area contributed by atoms with Gasteiger partial charge in [0.15, 0.2) is 5.65 Å². The number of halogens is 1. The van der Waals surface area contributed by atoms with Crippen molar-refractivity contribution in [3.63, 3.8) is 0 Å². The highest BCUT2D eigenvalue weighted by molar-refractivity contribution is 6.29. The van der Waals surface area contributed by atoms with Gasteiger partial charge in [-0.2, -0.15) is 5.26 Å². The third-order valence-electron chi connectivity index (χ3n) is 4.46. The molecule has 0 unspecified atom stereocenters. The molecule has 0 bridgehead atoms. The number of hydrogen-bond donors (Lipinski definition) is 0. The lowest BCUT2D eigenvalue weighted by Crippen LogP contribution is -2.21. The van der Waals surface area contributed by atoms with Crippen molar-refractivity contribution in [3.8, 4) is 6.07 Å². The number of pyridine rings is 2. The van der Waals surface area contributed by atoms with Crippen molar-refractivity contribution in [2.45, 2.75) is 6.92 Å². The van der Waals surface area contributed by atoms with E-state index in [0.717, 1.165) is 5.52 Å². The summed E-state index contributed by atoms with van der Waals surface area (Å²) in [6, 6.07) is 10.3. The summed E-state index contributed by atoms with van der Waals surface area (Å²) in [4.78, 5) is 30.0. The van der Waals surface area contributed by atoms with Gasteiger partial charge in [-0.25, -0.2) is 9.78 Å². The maximum absolute atomic E-state index is 13.1. The Labute approximate surface area is 158 Å². The largest absolute Gasteiger partial charge is 0.462 e. The van der Waals surface area contributed by atoms with E-state index in [9.17, 15) is 14.9 Å². The molecule has 0 fully saturated rings. The average molecular weight is 381 g/mol. The van der Waals surface area contributed by atoms with Crippen molar-refractivity contribution < 1.29 is 9.53 Å². The molecule has 0 radical (unpaired) electrons. The third-order valence-corrected chi connectivity index (χ3v) is 4.67. The van der Waals surface area contributed by atoms with Crippen LogP contribution in [0.3, 0.4) is 0 Å². The molecule has 1 aromatic carbocycles. The topological polar surface area (TPSA) is 89.4 Å². The van der Waals surface area contributed by atoms with Crippen molar-refractivity contribution in [2.24, 2.45) is 7.05 Å². The van der Waals surface area contributed by atoms with Crippen LogP contribution in [0.1, 0.15) is 22.8 Å². The van der Waals surface area contributed by atoms with E-state index in [-0.39, 0.29) is 22.7 Å². The van der Waals surface area contributed by atoms with Crippen LogP contribution in [0.15, 0.2) is 35.1 Å². The monoisotopic (exact) mass is 380 g/mol. The Morgan fingerprint density at radius 3 is 2.78 bits per heavy atom. The highest BCUT2D eigenvalue weighted by atomic mass is 35.5. The Kier molecular flexibility index (Phi) is 3.86. The van der Waals surface area contributed by atoms with Crippen molar-refractivity contribution in [1.82, 2.24) is 14.0 Å². The second-order valence-electron chi connectivity index (χ2n) is 5.96. The van der Waals surface area contributed by atoms with Gasteiger partial charge >= 0.3 is 5.97 Å². The summed E-state index contributed by atoms with van der Waals surface area (Å²) in [6.07, 6.45) is 0. The fourth-order valence-electron chi connectivity index (χ4n) is 3.32. The van der Waals surface area contributed by atoms with Gasteiger partial charge in [0.1, 0.15) is 16.4 Å². The number of carbonyl (C=O) groups excluding carboxylic acids is 1. The number of esters is 1. The molecule has 4 aromatic rings. The molecule has 0 saturated heterocycles. The molecule has 27 heavy (non-hydrogen) atoms. The number of rotatable bonds is 2. The summed E-state index contributed by atoms with van der Waals surface area (Å²) in [5.74, 6) is -0.705. The van der Waals surface area contributed by atoms with Crippen LogP contribution in [0.25, 0.3) is 27.7 Å². The van der Waals surface area contributed by atoms with E-state index >= 15 is 0 Å². The Bertz CT molecular complexity index is 1360. The first kappa shape index (κ1) is 17.1. The number of aryl methyl sites for hydroxylation is 1. The Balaban J connectivity index is 2.36. The summed E-state index contributed by atoms with van der Waals surface area (Å²) in [5.41, 5.74) is 1.92. The molecule has 0 spiro atoms. The fraction of sp³-hybridized carbons (Fsp3) is 0.158. The van der Waals surface area contributed by atoms with E-state index < -0.39 is 11.4 Å². The minimum Gasteiger partial charge on any atom is -0.462 e. The summed E-state index contributed by atoms with van der Waals surface area (Å²) in [5, 5.41) is 9.72. The molecule has 0 saturated carbocycles. The summed E-state index contributed by atoms with van der Waals surface area (Å²) >= 11 is 6.06. The third kappa shape index (κ3) is 2.38. The minimum absolute atomic E-state index is 0.0781. The normalized spacial score (nSPS) is 11.2. The fourth-order valence-corrected chi connectivity index (χ4v) is 3.47. The molecule has 3 heterocycles. The van der Waals surface area contributed by atoms with Crippen LogP contribution < -0.4 is 5.43 Å². The van der Waals surface area contributed by atoms with Crippen LogP contribution in [0.2, 0.25) is 5.15 Å². The van der Waals surface area contributed by atoms with Crippen LogP contribution in [0.4, 0.5) is 0 Å². The van der Waals surface area contributed by atoms with Gasteiger partial charge in [0.05, 0.1) is 34.7 Å². The van der Waals surface area contributed by atoms with Crippen LogP contribution in [0, 0.1) is 11.3 Å². The molecule has 0 aliphatic rings. The van der Waals surface area contributed by atoms with Crippen LogP contribution in [-0.2, 0) is 11.8 Å². The second-order valence-corrected chi connectivity index (χ2v) is 6.35. The number of hydrogen-bond acceptors (Lipinski definition) is 5. The number of nitriles is 1. The van der Waals surface area contributed by atoms with Crippen LogP contribution in [0.5, 0.6) is 0 Å². The maximum Gasteiger partial charge on any atom is 0.345 e. The number of benzene rings is 1. The standard InChI is InChI=1S/C19H13ClN4O3/c1-3-27-19(26)15-16(25)11-5-7-14(20)22-17(11)24-13-8-10(9-21)4-6-12(13)23(2)18(15)24/h4-8H,3H2,1-2H3. The van der Waals surface area contributed by atoms with Gasteiger partial charge in [0.2, 0.25) is 5.43 Å². The summed E-state index contributed by atoms with van der Waals surface area (Å²) in [6.45, 7) is 1.82. The first-order chi connectivity index (χ1) is 13.0. The molecule has 0 atom stereocenters. The molecule has 0 amide bonds. The lowest BCUT2D eigenvalue weighted by Gasteiger charge is -2.09. The average Bonchev–Trinajstić information content (AvgIpc) is 2.94. The minimum atomic E-state index is -0.705. The number of nitrogens with zero attached hydrogens (tertiary/aromatic N) is 4. The Hall–Kier alpha value is -3.37. The van der Waals surface area contributed by atoms with Gasteiger partial charge < -0.3 is 9.30 Å². The van der Waals surface area contributed by atoms with Gasteiger partial charge in [0.25, 0.3) is 0 Å². The number of carbonyl (C=O) groups is 1. The number of aromatic nitrogens is 3. The molecular formula is C19H13ClN4O3. The van der Waals surface area contributed by atoms with E-state index in [1.807, 2.05) is 0 Å². The zero-order chi connectivity index (χ0) is 19.3.